The maximum absolute atomic E-state index is 5.98. The zero-order chi connectivity index (χ0) is 13.9. The molecule has 0 atom stereocenters. The van der Waals surface area contributed by atoms with Crippen molar-refractivity contribution in [3.8, 4) is 11.1 Å². The number of rotatable bonds is 4. The average Bonchev–Trinajstić information content (AvgIpc) is 3.03. The predicted octanol–water partition coefficient (Wildman–Crippen LogP) is 3.16. The van der Waals surface area contributed by atoms with Crippen LogP contribution in [0.1, 0.15) is 10.6 Å². The van der Waals surface area contributed by atoms with Crippen molar-refractivity contribution in [3.63, 3.8) is 0 Å². The molecule has 0 aliphatic carbocycles. The summed E-state index contributed by atoms with van der Waals surface area (Å²) in [5, 5.41) is 4.38. The summed E-state index contributed by atoms with van der Waals surface area (Å²) < 4.78 is 4.24. The molecule has 20 heavy (non-hydrogen) atoms. The Labute approximate surface area is 124 Å². The molecular formula is C13H13N5S2. The first-order valence-corrected chi connectivity index (χ1v) is 7.69. The molecule has 0 saturated carbocycles. The highest BCUT2D eigenvalue weighted by Gasteiger charge is 2.14. The Morgan fingerprint density at radius 2 is 2.10 bits per heavy atom. The summed E-state index contributed by atoms with van der Waals surface area (Å²) in [7, 11) is 0. The van der Waals surface area contributed by atoms with Crippen LogP contribution in [0.4, 0.5) is 10.8 Å². The molecule has 0 spiro atoms. The van der Waals surface area contributed by atoms with Gasteiger partial charge in [0.15, 0.2) is 0 Å². The van der Waals surface area contributed by atoms with Crippen molar-refractivity contribution < 1.29 is 0 Å². The van der Waals surface area contributed by atoms with Gasteiger partial charge in [0.2, 0.25) is 0 Å². The lowest BCUT2D eigenvalue weighted by Gasteiger charge is -2.06. The van der Waals surface area contributed by atoms with Gasteiger partial charge >= 0.3 is 0 Å². The van der Waals surface area contributed by atoms with Crippen molar-refractivity contribution >= 4 is 33.7 Å². The highest BCUT2D eigenvalue weighted by Crippen LogP contribution is 2.36. The molecule has 3 N–H and O–H groups in total. The number of nitrogens with zero attached hydrogens (tertiary/aromatic N) is 3. The van der Waals surface area contributed by atoms with Crippen LogP contribution in [0.3, 0.4) is 0 Å². The van der Waals surface area contributed by atoms with E-state index in [0.29, 0.717) is 5.82 Å². The predicted molar refractivity (Wildman–Crippen MR) is 83.9 cm³/mol. The van der Waals surface area contributed by atoms with Crippen molar-refractivity contribution in [3.05, 3.63) is 40.6 Å². The molecule has 3 aromatic rings. The number of hydrogen-bond acceptors (Lipinski definition) is 7. The molecule has 3 aromatic heterocycles. The number of anilines is 2. The van der Waals surface area contributed by atoms with E-state index in [0.717, 1.165) is 28.4 Å². The fraction of sp³-hybridized carbons (Fsp3) is 0.154. The summed E-state index contributed by atoms with van der Waals surface area (Å²) in [6.45, 7) is 2.74. The Kier molecular flexibility index (Phi) is 3.62. The van der Waals surface area contributed by atoms with Gasteiger partial charge in [0.05, 0.1) is 23.3 Å². The standard InChI is InChI=1S/C13H13N5S2/c1-8-10(19-7-17-8)6-16-13-11(12(14)18-20-13)9-2-4-15-5-3-9/h2-5,7,16H,6H2,1H3,(H2,14,18). The third kappa shape index (κ3) is 2.50. The van der Waals surface area contributed by atoms with Gasteiger partial charge in [-0.3, -0.25) is 4.98 Å². The van der Waals surface area contributed by atoms with Crippen LogP contribution in [0.25, 0.3) is 11.1 Å². The average molecular weight is 303 g/mol. The number of nitrogens with one attached hydrogen (secondary N) is 1. The molecule has 0 unspecified atom stereocenters. The largest absolute Gasteiger partial charge is 0.382 e. The van der Waals surface area contributed by atoms with Crippen LogP contribution in [0, 0.1) is 6.92 Å². The first kappa shape index (κ1) is 13.0. The van der Waals surface area contributed by atoms with Crippen molar-refractivity contribution in [2.24, 2.45) is 0 Å². The summed E-state index contributed by atoms with van der Waals surface area (Å²) in [5.41, 5.74) is 10.9. The van der Waals surface area contributed by atoms with Gasteiger partial charge in [0.25, 0.3) is 0 Å². The van der Waals surface area contributed by atoms with Gasteiger partial charge in [0, 0.05) is 17.3 Å². The van der Waals surface area contributed by atoms with Crippen molar-refractivity contribution in [2.45, 2.75) is 13.5 Å². The molecule has 0 amide bonds. The van der Waals surface area contributed by atoms with E-state index >= 15 is 0 Å². The summed E-state index contributed by atoms with van der Waals surface area (Å²) in [6, 6.07) is 3.87. The summed E-state index contributed by atoms with van der Waals surface area (Å²) >= 11 is 3.02. The lowest BCUT2D eigenvalue weighted by molar-refractivity contribution is 1.13. The van der Waals surface area contributed by atoms with Crippen molar-refractivity contribution in [2.75, 3.05) is 11.1 Å². The molecule has 0 radical (unpaired) electrons. The van der Waals surface area contributed by atoms with E-state index in [1.807, 2.05) is 24.6 Å². The van der Waals surface area contributed by atoms with Crippen LogP contribution in [0.5, 0.6) is 0 Å². The molecule has 0 aromatic carbocycles. The zero-order valence-electron chi connectivity index (χ0n) is 10.8. The minimum atomic E-state index is 0.546. The van der Waals surface area contributed by atoms with Gasteiger partial charge in [0.1, 0.15) is 10.8 Å². The van der Waals surface area contributed by atoms with E-state index < -0.39 is 0 Å². The first-order valence-electron chi connectivity index (χ1n) is 6.04. The SMILES string of the molecule is Cc1ncsc1CNc1snc(N)c1-c1ccncc1. The van der Waals surface area contributed by atoms with Crippen LogP contribution < -0.4 is 11.1 Å². The fourth-order valence-electron chi connectivity index (χ4n) is 1.88. The van der Waals surface area contributed by atoms with E-state index in [1.54, 1.807) is 23.7 Å². The number of hydrogen-bond donors (Lipinski definition) is 2. The van der Waals surface area contributed by atoms with E-state index in [9.17, 15) is 0 Å². The molecule has 0 aliphatic heterocycles. The maximum atomic E-state index is 5.98. The van der Waals surface area contributed by atoms with Crippen LogP contribution in [0.15, 0.2) is 30.0 Å². The highest BCUT2D eigenvalue weighted by atomic mass is 32.1. The van der Waals surface area contributed by atoms with Crippen LogP contribution in [-0.2, 0) is 6.54 Å². The van der Waals surface area contributed by atoms with E-state index in [1.165, 1.54) is 16.4 Å². The maximum Gasteiger partial charge on any atom is 0.147 e. The number of nitrogen functional groups attached to an aromatic ring is 1. The van der Waals surface area contributed by atoms with Gasteiger partial charge in [-0.15, -0.1) is 11.3 Å². The van der Waals surface area contributed by atoms with Crippen molar-refractivity contribution in [1.82, 2.24) is 14.3 Å². The minimum Gasteiger partial charge on any atom is -0.382 e. The third-order valence-corrected chi connectivity index (χ3v) is 4.70. The summed E-state index contributed by atoms with van der Waals surface area (Å²) in [4.78, 5) is 9.50. The topological polar surface area (TPSA) is 76.7 Å². The van der Waals surface area contributed by atoms with E-state index in [-0.39, 0.29) is 0 Å². The second kappa shape index (κ2) is 5.56. The molecule has 0 fully saturated rings. The lowest BCUT2D eigenvalue weighted by Crippen LogP contribution is -1.99. The van der Waals surface area contributed by atoms with Crippen LogP contribution in [-0.4, -0.2) is 14.3 Å². The molecule has 0 aliphatic rings. The van der Waals surface area contributed by atoms with Gasteiger partial charge in [-0.2, -0.15) is 4.37 Å². The quantitative estimate of drug-likeness (QED) is 0.774. The Morgan fingerprint density at radius 1 is 1.30 bits per heavy atom. The van der Waals surface area contributed by atoms with Gasteiger partial charge in [-0.1, -0.05) is 0 Å². The monoisotopic (exact) mass is 303 g/mol. The molecule has 7 heteroatoms. The molecule has 5 nitrogen and oxygen atoms in total. The van der Waals surface area contributed by atoms with Crippen LogP contribution in [0.2, 0.25) is 0 Å². The Bertz CT molecular complexity index is 705. The van der Waals surface area contributed by atoms with Gasteiger partial charge in [-0.25, -0.2) is 4.98 Å². The molecule has 3 rings (SSSR count). The highest BCUT2D eigenvalue weighted by molar-refractivity contribution is 7.11. The smallest absolute Gasteiger partial charge is 0.147 e. The second-order valence-electron chi connectivity index (χ2n) is 4.22. The number of pyridine rings is 1. The molecule has 3 heterocycles. The molecule has 0 saturated heterocycles. The summed E-state index contributed by atoms with van der Waals surface area (Å²) in [6.07, 6.45) is 3.51. The molecule has 102 valence electrons. The molecule has 0 bridgehead atoms. The zero-order valence-corrected chi connectivity index (χ0v) is 12.5. The number of aromatic nitrogens is 3. The van der Waals surface area contributed by atoms with E-state index in [4.69, 9.17) is 5.73 Å². The van der Waals surface area contributed by atoms with E-state index in [2.05, 4.69) is 19.7 Å². The minimum absolute atomic E-state index is 0.546. The third-order valence-electron chi connectivity index (χ3n) is 2.94. The second-order valence-corrected chi connectivity index (χ2v) is 5.94. The Morgan fingerprint density at radius 3 is 2.80 bits per heavy atom. The number of thiazole rings is 1. The first-order chi connectivity index (χ1) is 9.75. The van der Waals surface area contributed by atoms with Gasteiger partial charge < -0.3 is 11.1 Å². The molecular weight excluding hydrogens is 290 g/mol. The Balaban J connectivity index is 1.86. The lowest BCUT2D eigenvalue weighted by atomic mass is 10.1. The Hall–Kier alpha value is -1.99. The number of nitrogens with two attached hydrogens (primary N) is 1. The normalized spacial score (nSPS) is 10.7. The van der Waals surface area contributed by atoms with Crippen molar-refractivity contribution in [1.29, 1.82) is 0 Å². The van der Waals surface area contributed by atoms with Crippen LogP contribution >= 0.6 is 22.9 Å². The summed E-state index contributed by atoms with van der Waals surface area (Å²) in [5.74, 6) is 0.546. The van der Waals surface area contributed by atoms with Gasteiger partial charge in [-0.05, 0) is 36.2 Å². The fourth-order valence-corrected chi connectivity index (χ4v) is 3.33. The number of aryl methyl sites for hydroxylation is 1.